The lowest BCUT2D eigenvalue weighted by atomic mass is 10.3. The lowest BCUT2D eigenvalue weighted by Gasteiger charge is -2.05. The van der Waals surface area contributed by atoms with Gasteiger partial charge in [-0.05, 0) is 48.5 Å². The number of nitrogens with two attached hydrogens (primary N) is 1. The smallest absolute Gasteiger partial charge is 0.206 e. The van der Waals surface area contributed by atoms with Crippen LogP contribution in [0.2, 0.25) is 0 Å². The maximum atomic E-state index is 12.2. The van der Waals surface area contributed by atoms with E-state index in [1.165, 1.54) is 24.3 Å². The van der Waals surface area contributed by atoms with Crippen LogP contribution in [0.15, 0.2) is 63.2 Å². The molecule has 0 fully saturated rings. The van der Waals surface area contributed by atoms with Gasteiger partial charge in [0.1, 0.15) is 0 Å². The van der Waals surface area contributed by atoms with E-state index in [9.17, 15) is 8.42 Å². The molecule has 2 aromatic rings. The van der Waals surface area contributed by atoms with E-state index in [0.29, 0.717) is 5.69 Å². The fraction of sp³-hybridized carbons (Fsp3) is 0. The number of rotatable bonds is 2. The van der Waals surface area contributed by atoms with Crippen LogP contribution in [0, 0.1) is 0 Å². The van der Waals surface area contributed by atoms with Gasteiger partial charge < -0.3 is 5.73 Å². The Balaban J connectivity index is 2.50. The highest BCUT2D eigenvalue weighted by Crippen LogP contribution is 2.22. The topological polar surface area (TPSA) is 60.2 Å². The fourth-order valence-corrected chi connectivity index (χ4v) is 2.82. The normalized spacial score (nSPS) is 11.4. The van der Waals surface area contributed by atoms with Crippen LogP contribution in [0.4, 0.5) is 5.69 Å². The molecule has 0 aliphatic rings. The summed E-state index contributed by atoms with van der Waals surface area (Å²) >= 11 is 4.12. The zero-order valence-corrected chi connectivity index (χ0v) is 10.6. The molecule has 0 spiro atoms. The summed E-state index contributed by atoms with van der Waals surface area (Å²) in [7, 11) is -3.46. The van der Waals surface area contributed by atoms with Crippen LogP contribution in [0.3, 0.4) is 0 Å². The minimum atomic E-state index is -3.46. The van der Waals surface area contributed by atoms with E-state index < -0.39 is 9.84 Å². The SMILES string of the molecule is Nc1ccc(S(=O)(=O)c2ccc(S)cc2)cc1. The first-order valence-electron chi connectivity index (χ1n) is 4.90. The predicted molar refractivity (Wildman–Crippen MR) is 70.0 cm³/mol. The molecule has 0 aliphatic heterocycles. The number of hydrogen-bond donors (Lipinski definition) is 2. The number of anilines is 1. The summed E-state index contributed by atoms with van der Waals surface area (Å²) in [4.78, 5) is 1.21. The maximum absolute atomic E-state index is 12.2. The molecule has 3 nitrogen and oxygen atoms in total. The third-order valence-corrected chi connectivity index (χ3v) is 4.42. The van der Waals surface area contributed by atoms with Crippen molar-refractivity contribution in [3.63, 3.8) is 0 Å². The molecule has 0 aliphatic carbocycles. The van der Waals surface area contributed by atoms with Crippen LogP contribution in [-0.2, 0) is 9.84 Å². The minimum absolute atomic E-state index is 0.235. The van der Waals surface area contributed by atoms with Crippen molar-refractivity contribution in [2.24, 2.45) is 0 Å². The molecule has 0 unspecified atom stereocenters. The van der Waals surface area contributed by atoms with E-state index >= 15 is 0 Å². The van der Waals surface area contributed by atoms with Crippen molar-refractivity contribution in [3.8, 4) is 0 Å². The Bertz CT molecular complexity index is 565. The van der Waals surface area contributed by atoms with Crippen LogP contribution in [0.5, 0.6) is 0 Å². The molecule has 0 saturated carbocycles. The summed E-state index contributed by atoms with van der Waals surface area (Å²) < 4.78 is 24.4. The second kappa shape index (κ2) is 4.43. The zero-order valence-electron chi connectivity index (χ0n) is 8.87. The Labute approximate surface area is 106 Å². The van der Waals surface area contributed by atoms with Gasteiger partial charge in [-0.1, -0.05) is 0 Å². The highest BCUT2D eigenvalue weighted by atomic mass is 32.2. The van der Waals surface area contributed by atoms with Crippen LogP contribution >= 0.6 is 12.6 Å². The number of thiol groups is 1. The van der Waals surface area contributed by atoms with E-state index in [1.54, 1.807) is 24.3 Å². The Morgan fingerprint density at radius 2 is 1.24 bits per heavy atom. The molecule has 5 heteroatoms. The predicted octanol–water partition coefficient (Wildman–Crippen LogP) is 2.39. The molecular weight excluding hydrogens is 254 g/mol. The lowest BCUT2D eigenvalue weighted by molar-refractivity contribution is 0.596. The van der Waals surface area contributed by atoms with E-state index in [1.807, 2.05) is 0 Å². The molecule has 0 bridgehead atoms. The van der Waals surface area contributed by atoms with Crippen LogP contribution in [-0.4, -0.2) is 8.42 Å². The summed E-state index contributed by atoms with van der Waals surface area (Å²) in [5.41, 5.74) is 6.06. The third-order valence-electron chi connectivity index (χ3n) is 2.34. The summed E-state index contributed by atoms with van der Waals surface area (Å²) in [6.07, 6.45) is 0. The van der Waals surface area contributed by atoms with Gasteiger partial charge in [0.15, 0.2) is 0 Å². The van der Waals surface area contributed by atoms with Crippen LogP contribution in [0.25, 0.3) is 0 Å². The Hall–Kier alpha value is -1.46. The average molecular weight is 265 g/mol. The highest BCUT2D eigenvalue weighted by Gasteiger charge is 2.16. The summed E-state index contributed by atoms with van der Waals surface area (Å²) in [6, 6.07) is 12.5. The van der Waals surface area contributed by atoms with Crippen molar-refractivity contribution in [1.82, 2.24) is 0 Å². The molecule has 0 saturated heterocycles. The molecule has 0 aromatic heterocycles. The highest BCUT2D eigenvalue weighted by molar-refractivity contribution is 7.91. The van der Waals surface area contributed by atoms with Gasteiger partial charge in [0, 0.05) is 10.6 Å². The standard InChI is InChI=1S/C12H11NO2S2/c13-9-1-5-11(6-2-9)17(14,15)12-7-3-10(16)4-8-12/h1-8,16H,13H2. The van der Waals surface area contributed by atoms with E-state index in [2.05, 4.69) is 12.6 Å². The molecular formula is C12H11NO2S2. The first kappa shape index (κ1) is 12.0. The first-order valence-corrected chi connectivity index (χ1v) is 6.83. The van der Waals surface area contributed by atoms with E-state index in [4.69, 9.17) is 5.73 Å². The van der Waals surface area contributed by atoms with Gasteiger partial charge >= 0.3 is 0 Å². The fourth-order valence-electron chi connectivity index (χ4n) is 1.41. The van der Waals surface area contributed by atoms with Crippen molar-refractivity contribution >= 4 is 28.2 Å². The molecule has 0 heterocycles. The number of nitrogen functional groups attached to an aromatic ring is 1. The molecule has 0 amide bonds. The minimum Gasteiger partial charge on any atom is -0.399 e. The average Bonchev–Trinajstić information content (AvgIpc) is 2.30. The zero-order chi connectivity index (χ0) is 12.5. The number of sulfone groups is 1. The quantitative estimate of drug-likeness (QED) is 0.647. The second-order valence-electron chi connectivity index (χ2n) is 3.57. The van der Waals surface area contributed by atoms with Gasteiger partial charge in [-0.15, -0.1) is 12.6 Å². The van der Waals surface area contributed by atoms with Gasteiger partial charge in [-0.2, -0.15) is 0 Å². The monoisotopic (exact) mass is 265 g/mol. The maximum Gasteiger partial charge on any atom is 0.206 e. The summed E-state index contributed by atoms with van der Waals surface area (Å²) in [6.45, 7) is 0. The van der Waals surface area contributed by atoms with Crippen molar-refractivity contribution in [2.75, 3.05) is 5.73 Å². The van der Waals surface area contributed by atoms with Gasteiger partial charge in [0.25, 0.3) is 0 Å². The van der Waals surface area contributed by atoms with Crippen molar-refractivity contribution < 1.29 is 8.42 Å². The Kier molecular flexibility index (Phi) is 3.13. The molecule has 2 N–H and O–H groups in total. The Morgan fingerprint density at radius 3 is 1.71 bits per heavy atom. The second-order valence-corrected chi connectivity index (χ2v) is 6.03. The van der Waals surface area contributed by atoms with Crippen molar-refractivity contribution in [2.45, 2.75) is 14.7 Å². The number of hydrogen-bond acceptors (Lipinski definition) is 4. The molecule has 17 heavy (non-hydrogen) atoms. The molecule has 2 aromatic carbocycles. The van der Waals surface area contributed by atoms with Gasteiger partial charge in [-0.3, -0.25) is 0 Å². The van der Waals surface area contributed by atoms with Crippen molar-refractivity contribution in [3.05, 3.63) is 48.5 Å². The van der Waals surface area contributed by atoms with Gasteiger partial charge in [-0.25, -0.2) is 8.42 Å². The summed E-state index contributed by atoms with van der Waals surface area (Å²) in [5.74, 6) is 0. The first-order chi connectivity index (χ1) is 8.00. The summed E-state index contributed by atoms with van der Waals surface area (Å²) in [5, 5.41) is 0. The van der Waals surface area contributed by atoms with Gasteiger partial charge in [0.05, 0.1) is 9.79 Å². The molecule has 88 valence electrons. The largest absolute Gasteiger partial charge is 0.399 e. The third kappa shape index (κ3) is 2.45. The molecule has 0 atom stereocenters. The lowest BCUT2D eigenvalue weighted by Crippen LogP contribution is -2.01. The van der Waals surface area contributed by atoms with E-state index in [0.717, 1.165) is 4.90 Å². The van der Waals surface area contributed by atoms with Crippen molar-refractivity contribution in [1.29, 1.82) is 0 Å². The Morgan fingerprint density at radius 1 is 0.824 bits per heavy atom. The van der Waals surface area contributed by atoms with E-state index in [-0.39, 0.29) is 9.79 Å². The van der Waals surface area contributed by atoms with Crippen LogP contribution < -0.4 is 5.73 Å². The molecule has 0 radical (unpaired) electrons. The van der Waals surface area contributed by atoms with Gasteiger partial charge in [0.2, 0.25) is 9.84 Å². The number of benzene rings is 2. The molecule has 2 rings (SSSR count). The van der Waals surface area contributed by atoms with Crippen LogP contribution in [0.1, 0.15) is 0 Å².